The molecule has 0 bridgehead atoms. The topological polar surface area (TPSA) is 69.6 Å². The van der Waals surface area contributed by atoms with Crippen LogP contribution in [0.25, 0.3) is 0 Å². The van der Waals surface area contributed by atoms with Gasteiger partial charge in [0.15, 0.2) is 0 Å². The minimum absolute atomic E-state index is 0.0103. The Morgan fingerprint density at radius 1 is 1.12 bits per heavy atom. The minimum atomic E-state index is -0.325. The van der Waals surface area contributed by atoms with Gasteiger partial charge in [0, 0.05) is 42.1 Å². The molecule has 1 fully saturated rings. The Morgan fingerprint density at radius 2 is 1.76 bits per heavy atom. The SMILES string of the molecule is CC(=O)Nc1cc(C2=S(C3CC(C)(C)NC(C)(C)C3)N(C)N=C2c2ccc(F)cc2)ccn1. The first kappa shape index (κ1) is 23.6. The molecule has 0 spiro atoms. The van der Waals surface area contributed by atoms with E-state index in [1.807, 2.05) is 19.2 Å². The Hall–Kier alpha value is -2.58. The molecule has 1 aromatic heterocycles. The number of amides is 1. The molecule has 1 unspecified atom stereocenters. The van der Waals surface area contributed by atoms with Crippen LogP contribution in [0.2, 0.25) is 0 Å². The van der Waals surface area contributed by atoms with Crippen molar-refractivity contribution >= 4 is 33.0 Å². The highest BCUT2D eigenvalue weighted by Gasteiger charge is 2.42. The van der Waals surface area contributed by atoms with Crippen LogP contribution in [0.1, 0.15) is 58.6 Å². The second kappa shape index (κ2) is 8.65. The normalized spacial score (nSPS) is 22.3. The van der Waals surface area contributed by atoms with Gasteiger partial charge < -0.3 is 10.6 Å². The third-order valence-corrected chi connectivity index (χ3v) is 8.33. The third kappa shape index (κ3) is 5.17. The summed E-state index contributed by atoms with van der Waals surface area (Å²) in [4.78, 5) is 17.1. The number of piperidine rings is 1. The van der Waals surface area contributed by atoms with Gasteiger partial charge in [0.1, 0.15) is 17.3 Å². The maximum Gasteiger partial charge on any atom is 0.222 e. The summed E-state index contributed by atoms with van der Waals surface area (Å²) in [5.41, 5.74) is 2.67. The average molecular weight is 470 g/mol. The Kier molecular flexibility index (Phi) is 6.18. The van der Waals surface area contributed by atoms with E-state index in [2.05, 4.69) is 47.7 Å². The fourth-order valence-electron chi connectivity index (χ4n) is 5.10. The number of anilines is 1. The van der Waals surface area contributed by atoms with E-state index in [4.69, 9.17) is 5.10 Å². The maximum atomic E-state index is 13.7. The van der Waals surface area contributed by atoms with E-state index >= 15 is 0 Å². The predicted octanol–water partition coefficient (Wildman–Crippen LogP) is 4.54. The van der Waals surface area contributed by atoms with Crippen LogP contribution < -0.4 is 10.6 Å². The van der Waals surface area contributed by atoms with E-state index in [0.29, 0.717) is 11.1 Å². The molecule has 8 heteroatoms. The van der Waals surface area contributed by atoms with Crippen LogP contribution in [0.15, 0.2) is 47.7 Å². The number of aromatic nitrogens is 1. The van der Waals surface area contributed by atoms with Crippen LogP contribution >= 0.6 is 10.7 Å². The van der Waals surface area contributed by atoms with Crippen LogP contribution in [0.5, 0.6) is 0 Å². The fourth-order valence-corrected chi connectivity index (χ4v) is 8.18. The van der Waals surface area contributed by atoms with Crippen molar-refractivity contribution in [2.75, 3.05) is 12.4 Å². The van der Waals surface area contributed by atoms with Gasteiger partial charge in [-0.2, -0.15) is 5.10 Å². The number of hydrogen-bond acceptors (Lipinski definition) is 5. The minimum Gasteiger partial charge on any atom is -0.311 e. The van der Waals surface area contributed by atoms with Crippen molar-refractivity contribution in [3.8, 4) is 0 Å². The Balaban J connectivity index is 1.88. The fraction of sp³-hybridized carbons (Fsp3) is 0.440. The highest BCUT2D eigenvalue weighted by Crippen LogP contribution is 2.45. The summed E-state index contributed by atoms with van der Waals surface area (Å²) in [6.45, 7) is 10.5. The molecule has 3 heterocycles. The molecule has 1 amide bonds. The lowest BCUT2D eigenvalue weighted by molar-refractivity contribution is -0.114. The van der Waals surface area contributed by atoms with Gasteiger partial charge in [0.05, 0.1) is 4.86 Å². The zero-order chi connectivity index (χ0) is 24.0. The molecule has 1 aromatic carbocycles. The van der Waals surface area contributed by atoms with E-state index in [0.717, 1.165) is 34.5 Å². The van der Waals surface area contributed by atoms with Crippen molar-refractivity contribution in [3.05, 3.63) is 59.5 Å². The summed E-state index contributed by atoms with van der Waals surface area (Å²) < 4.78 is 15.8. The van der Waals surface area contributed by atoms with Crippen molar-refractivity contribution in [3.63, 3.8) is 0 Å². The molecule has 2 N–H and O–H groups in total. The van der Waals surface area contributed by atoms with E-state index in [1.54, 1.807) is 18.3 Å². The van der Waals surface area contributed by atoms with Gasteiger partial charge >= 0.3 is 0 Å². The van der Waals surface area contributed by atoms with Crippen molar-refractivity contribution < 1.29 is 9.18 Å². The first-order valence-corrected chi connectivity index (χ1v) is 12.4. The summed E-state index contributed by atoms with van der Waals surface area (Å²) >= 11 is 0. The number of nitrogens with one attached hydrogen (secondary N) is 2. The number of rotatable bonds is 4. The summed E-state index contributed by atoms with van der Waals surface area (Å²) in [6, 6.07) is 10.4. The lowest BCUT2D eigenvalue weighted by Crippen LogP contribution is -2.59. The Labute approximate surface area is 197 Å². The van der Waals surface area contributed by atoms with E-state index in [9.17, 15) is 9.18 Å². The second-order valence-electron chi connectivity index (χ2n) is 10.1. The molecule has 6 nitrogen and oxygen atoms in total. The number of halogens is 1. The molecule has 0 saturated carbocycles. The number of benzene rings is 1. The molecule has 2 aliphatic heterocycles. The van der Waals surface area contributed by atoms with Crippen molar-refractivity contribution in [2.24, 2.45) is 5.10 Å². The lowest BCUT2D eigenvalue weighted by Gasteiger charge is -2.47. The lowest BCUT2D eigenvalue weighted by atomic mass is 9.82. The number of hydrazone groups is 1. The Bertz CT molecular complexity index is 1120. The quantitative estimate of drug-likeness (QED) is 0.645. The number of pyridine rings is 1. The molecule has 2 aliphatic rings. The summed E-state index contributed by atoms with van der Waals surface area (Å²) in [6.07, 6.45) is 3.72. The van der Waals surface area contributed by atoms with Crippen LogP contribution in [0.3, 0.4) is 0 Å². The first-order valence-electron chi connectivity index (χ1n) is 11.2. The van der Waals surface area contributed by atoms with Gasteiger partial charge in [-0.1, -0.05) is 10.7 Å². The number of carbonyl (C=O) groups excluding carboxylic acids is 1. The molecular formula is C25H32FN5OS. The number of carbonyl (C=O) groups is 1. The molecule has 4 rings (SSSR count). The van der Waals surface area contributed by atoms with Gasteiger partial charge in [-0.15, -0.1) is 0 Å². The molecule has 0 radical (unpaired) electrons. The summed E-state index contributed by atoms with van der Waals surface area (Å²) in [5.74, 6) is 0.0708. The van der Waals surface area contributed by atoms with Gasteiger partial charge in [-0.25, -0.2) is 13.8 Å². The second-order valence-corrected chi connectivity index (χ2v) is 12.3. The van der Waals surface area contributed by atoms with Gasteiger partial charge in [-0.05, 0) is 82.5 Å². The molecule has 33 heavy (non-hydrogen) atoms. The van der Waals surface area contributed by atoms with E-state index in [-0.39, 0.29) is 33.5 Å². The van der Waals surface area contributed by atoms with E-state index < -0.39 is 0 Å². The molecule has 176 valence electrons. The van der Waals surface area contributed by atoms with Crippen LogP contribution in [-0.4, -0.2) is 49.3 Å². The molecule has 0 aliphatic carbocycles. The van der Waals surface area contributed by atoms with Gasteiger partial charge in [-0.3, -0.25) is 4.79 Å². The van der Waals surface area contributed by atoms with Gasteiger partial charge in [0.2, 0.25) is 5.91 Å². The monoisotopic (exact) mass is 469 g/mol. The van der Waals surface area contributed by atoms with E-state index in [1.165, 1.54) is 19.1 Å². The van der Waals surface area contributed by atoms with Gasteiger partial charge in [0.25, 0.3) is 0 Å². The molecular weight excluding hydrogens is 437 g/mol. The van der Waals surface area contributed by atoms with Crippen LogP contribution in [0.4, 0.5) is 10.2 Å². The highest BCUT2D eigenvalue weighted by molar-refractivity contribution is 8.16. The van der Waals surface area contributed by atoms with Crippen molar-refractivity contribution in [1.82, 2.24) is 14.7 Å². The zero-order valence-corrected chi connectivity index (χ0v) is 20.9. The highest BCUT2D eigenvalue weighted by atomic mass is 32.2. The summed E-state index contributed by atoms with van der Waals surface area (Å²) in [7, 11) is 1.70. The maximum absolute atomic E-state index is 13.7. The van der Waals surface area contributed by atoms with Crippen LogP contribution in [-0.2, 0) is 4.79 Å². The number of nitrogens with zero attached hydrogens (tertiary/aromatic N) is 3. The summed E-state index contributed by atoms with van der Waals surface area (Å²) in [5, 5.41) is 11.9. The van der Waals surface area contributed by atoms with Crippen LogP contribution in [0, 0.1) is 5.82 Å². The Morgan fingerprint density at radius 3 is 2.36 bits per heavy atom. The standard InChI is InChI=1S/C25H32FN5OS/c1-16(32)28-21-13-18(11-12-27-21)23-22(17-7-9-19(26)10-8-17)29-31(6)33(23)20-14-24(2,3)30-25(4,5)15-20/h7-13,20,30H,14-15H2,1-6H3,(H,27,28,32). The predicted molar refractivity (Wildman–Crippen MR) is 135 cm³/mol. The zero-order valence-electron chi connectivity index (χ0n) is 20.1. The first-order chi connectivity index (χ1) is 15.4. The van der Waals surface area contributed by atoms with Crippen molar-refractivity contribution in [1.29, 1.82) is 0 Å². The average Bonchev–Trinajstić information content (AvgIpc) is 3.03. The largest absolute Gasteiger partial charge is 0.311 e. The third-order valence-electron chi connectivity index (χ3n) is 5.86. The number of hydrogen-bond donors (Lipinski definition) is 2. The smallest absolute Gasteiger partial charge is 0.222 e. The molecule has 1 saturated heterocycles. The van der Waals surface area contributed by atoms with Crippen molar-refractivity contribution in [2.45, 2.75) is 63.8 Å². The molecule has 2 aromatic rings. The molecule has 1 atom stereocenters.